The van der Waals surface area contributed by atoms with Crippen molar-refractivity contribution in [3.63, 3.8) is 0 Å². The van der Waals surface area contributed by atoms with Gasteiger partial charge in [-0.2, -0.15) is 0 Å². The summed E-state index contributed by atoms with van der Waals surface area (Å²) in [4.78, 5) is 10.3. The van der Waals surface area contributed by atoms with Crippen LogP contribution in [0.3, 0.4) is 0 Å². The van der Waals surface area contributed by atoms with Crippen molar-refractivity contribution < 1.29 is 4.79 Å². The SMILES string of the molecule is CCCCC1CCC(CCC=O)CC1. The number of rotatable bonds is 6. The van der Waals surface area contributed by atoms with Crippen LogP contribution in [-0.2, 0) is 4.79 Å². The van der Waals surface area contributed by atoms with E-state index in [-0.39, 0.29) is 0 Å². The molecule has 0 bridgehead atoms. The van der Waals surface area contributed by atoms with E-state index in [0.717, 1.165) is 31.0 Å². The molecule has 0 heterocycles. The molecular weight excluding hydrogens is 172 g/mol. The second-order valence-electron chi connectivity index (χ2n) is 4.77. The summed E-state index contributed by atoms with van der Waals surface area (Å²) >= 11 is 0. The van der Waals surface area contributed by atoms with Gasteiger partial charge in [0.25, 0.3) is 0 Å². The Balaban J connectivity index is 2.08. The lowest BCUT2D eigenvalue weighted by Gasteiger charge is -2.28. The first-order valence-electron chi connectivity index (χ1n) is 6.30. The van der Waals surface area contributed by atoms with Crippen molar-refractivity contribution in [1.82, 2.24) is 0 Å². The third kappa shape index (κ3) is 4.26. The predicted molar refractivity (Wildman–Crippen MR) is 60.3 cm³/mol. The van der Waals surface area contributed by atoms with Crippen LogP contribution in [0.15, 0.2) is 0 Å². The molecule has 1 fully saturated rings. The second-order valence-corrected chi connectivity index (χ2v) is 4.77. The summed E-state index contributed by atoms with van der Waals surface area (Å²) in [5, 5.41) is 0. The minimum atomic E-state index is 0.782. The van der Waals surface area contributed by atoms with Crippen LogP contribution in [0.4, 0.5) is 0 Å². The largest absolute Gasteiger partial charge is 0.303 e. The zero-order valence-electron chi connectivity index (χ0n) is 9.50. The van der Waals surface area contributed by atoms with Gasteiger partial charge in [-0.05, 0) is 18.3 Å². The highest BCUT2D eigenvalue weighted by atomic mass is 16.1. The molecule has 1 nitrogen and oxygen atoms in total. The lowest BCUT2D eigenvalue weighted by atomic mass is 9.78. The molecule has 1 aliphatic rings. The molecule has 1 aliphatic carbocycles. The molecule has 0 radical (unpaired) electrons. The number of hydrogen-bond donors (Lipinski definition) is 0. The molecule has 0 aromatic rings. The second kappa shape index (κ2) is 7.03. The molecule has 1 heteroatoms. The highest BCUT2D eigenvalue weighted by Gasteiger charge is 2.19. The van der Waals surface area contributed by atoms with E-state index < -0.39 is 0 Å². The first kappa shape index (κ1) is 11.7. The van der Waals surface area contributed by atoms with E-state index in [1.807, 2.05) is 0 Å². The van der Waals surface area contributed by atoms with E-state index in [0.29, 0.717) is 0 Å². The van der Waals surface area contributed by atoms with Gasteiger partial charge < -0.3 is 4.79 Å². The van der Waals surface area contributed by atoms with Crippen LogP contribution in [0.2, 0.25) is 0 Å². The van der Waals surface area contributed by atoms with E-state index in [1.165, 1.54) is 44.9 Å². The third-order valence-corrected chi connectivity index (χ3v) is 3.63. The molecule has 1 saturated carbocycles. The van der Waals surface area contributed by atoms with Gasteiger partial charge >= 0.3 is 0 Å². The smallest absolute Gasteiger partial charge is 0.120 e. The molecule has 14 heavy (non-hydrogen) atoms. The van der Waals surface area contributed by atoms with Crippen LogP contribution in [0.25, 0.3) is 0 Å². The number of carbonyl (C=O) groups excluding carboxylic acids is 1. The van der Waals surface area contributed by atoms with Gasteiger partial charge in [-0.1, -0.05) is 51.9 Å². The quantitative estimate of drug-likeness (QED) is 0.588. The van der Waals surface area contributed by atoms with Gasteiger partial charge in [-0.25, -0.2) is 0 Å². The van der Waals surface area contributed by atoms with Crippen LogP contribution in [-0.4, -0.2) is 6.29 Å². The Morgan fingerprint density at radius 1 is 1.07 bits per heavy atom. The van der Waals surface area contributed by atoms with Crippen molar-refractivity contribution in [2.75, 3.05) is 0 Å². The number of aldehydes is 1. The number of carbonyl (C=O) groups is 1. The lowest BCUT2D eigenvalue weighted by molar-refractivity contribution is -0.108. The fourth-order valence-electron chi connectivity index (χ4n) is 2.61. The van der Waals surface area contributed by atoms with Gasteiger partial charge in [0.2, 0.25) is 0 Å². The summed E-state index contributed by atoms with van der Waals surface area (Å²) in [5.74, 6) is 1.86. The predicted octanol–water partition coefficient (Wildman–Crippen LogP) is 3.96. The maximum absolute atomic E-state index is 10.3. The first-order chi connectivity index (χ1) is 6.86. The molecule has 1 rings (SSSR count). The maximum Gasteiger partial charge on any atom is 0.120 e. The monoisotopic (exact) mass is 196 g/mol. The highest BCUT2D eigenvalue weighted by Crippen LogP contribution is 2.33. The standard InChI is InChI=1S/C13H24O/c1-2-3-5-12-7-9-13(10-8-12)6-4-11-14/h11-13H,2-10H2,1H3. The lowest BCUT2D eigenvalue weighted by Crippen LogP contribution is -2.14. The number of unbranched alkanes of at least 4 members (excludes halogenated alkanes) is 1. The molecule has 0 unspecified atom stereocenters. The van der Waals surface area contributed by atoms with Gasteiger partial charge in [0.15, 0.2) is 0 Å². The van der Waals surface area contributed by atoms with Crippen molar-refractivity contribution in [3.05, 3.63) is 0 Å². The highest BCUT2D eigenvalue weighted by molar-refractivity contribution is 5.49. The van der Waals surface area contributed by atoms with Crippen molar-refractivity contribution >= 4 is 6.29 Å². The molecular formula is C13H24O. The third-order valence-electron chi connectivity index (χ3n) is 3.63. The Bertz CT molecular complexity index is 145. The molecule has 0 aromatic heterocycles. The Labute approximate surface area is 88.3 Å². The van der Waals surface area contributed by atoms with Crippen molar-refractivity contribution in [2.45, 2.75) is 64.7 Å². The van der Waals surface area contributed by atoms with Gasteiger partial charge in [0.1, 0.15) is 6.29 Å². The van der Waals surface area contributed by atoms with E-state index >= 15 is 0 Å². The molecule has 0 atom stereocenters. The molecule has 0 aliphatic heterocycles. The van der Waals surface area contributed by atoms with Gasteiger partial charge in [0, 0.05) is 6.42 Å². The fraction of sp³-hybridized carbons (Fsp3) is 0.923. The summed E-state index contributed by atoms with van der Waals surface area (Å²) in [7, 11) is 0. The molecule has 82 valence electrons. The summed E-state index contributed by atoms with van der Waals surface area (Å²) in [6.07, 6.45) is 12.8. The van der Waals surface area contributed by atoms with E-state index in [1.54, 1.807) is 0 Å². The first-order valence-corrected chi connectivity index (χ1v) is 6.30. The minimum absolute atomic E-state index is 0.782. The molecule has 0 saturated heterocycles. The fourth-order valence-corrected chi connectivity index (χ4v) is 2.61. The van der Waals surface area contributed by atoms with E-state index in [9.17, 15) is 4.79 Å². The van der Waals surface area contributed by atoms with Crippen molar-refractivity contribution in [1.29, 1.82) is 0 Å². The Kier molecular flexibility index (Phi) is 5.89. The van der Waals surface area contributed by atoms with E-state index in [2.05, 4.69) is 6.92 Å². The van der Waals surface area contributed by atoms with Crippen LogP contribution in [0, 0.1) is 11.8 Å². The Hall–Kier alpha value is -0.330. The summed E-state index contributed by atoms with van der Waals surface area (Å²) in [5.41, 5.74) is 0. The average Bonchev–Trinajstić information content (AvgIpc) is 2.25. The zero-order valence-corrected chi connectivity index (χ0v) is 9.50. The Morgan fingerprint density at radius 2 is 1.64 bits per heavy atom. The maximum atomic E-state index is 10.3. The minimum Gasteiger partial charge on any atom is -0.303 e. The molecule has 0 aromatic carbocycles. The number of hydrogen-bond acceptors (Lipinski definition) is 1. The van der Waals surface area contributed by atoms with Crippen LogP contribution in [0.5, 0.6) is 0 Å². The van der Waals surface area contributed by atoms with Crippen LogP contribution in [0.1, 0.15) is 64.7 Å². The topological polar surface area (TPSA) is 17.1 Å². The van der Waals surface area contributed by atoms with Crippen molar-refractivity contribution in [3.8, 4) is 0 Å². The summed E-state index contributed by atoms with van der Waals surface area (Å²) < 4.78 is 0. The van der Waals surface area contributed by atoms with Gasteiger partial charge in [-0.15, -0.1) is 0 Å². The van der Waals surface area contributed by atoms with Gasteiger partial charge in [-0.3, -0.25) is 0 Å². The van der Waals surface area contributed by atoms with Crippen LogP contribution < -0.4 is 0 Å². The molecule has 0 spiro atoms. The van der Waals surface area contributed by atoms with Crippen molar-refractivity contribution in [2.24, 2.45) is 11.8 Å². The van der Waals surface area contributed by atoms with Gasteiger partial charge in [0.05, 0.1) is 0 Å². The normalized spacial score (nSPS) is 27.5. The summed E-state index contributed by atoms with van der Waals surface area (Å²) in [6, 6.07) is 0. The molecule has 0 N–H and O–H groups in total. The van der Waals surface area contributed by atoms with E-state index in [4.69, 9.17) is 0 Å². The zero-order chi connectivity index (χ0) is 10.2. The Morgan fingerprint density at radius 3 is 2.14 bits per heavy atom. The molecule has 0 amide bonds. The average molecular weight is 196 g/mol. The summed E-state index contributed by atoms with van der Waals surface area (Å²) in [6.45, 7) is 2.27. The van der Waals surface area contributed by atoms with Crippen LogP contribution >= 0.6 is 0 Å².